The average Bonchev–Trinajstić information content (AvgIpc) is 2.75. The molecule has 0 spiro atoms. The van der Waals surface area contributed by atoms with Gasteiger partial charge in [0, 0.05) is 13.2 Å². The zero-order valence-electron chi connectivity index (χ0n) is 10.8. The summed E-state index contributed by atoms with van der Waals surface area (Å²) in [6.45, 7) is 2.09. The van der Waals surface area contributed by atoms with Crippen molar-refractivity contribution in [1.29, 1.82) is 0 Å². The van der Waals surface area contributed by atoms with Crippen LogP contribution in [0.2, 0.25) is 0 Å². The second-order valence-corrected chi connectivity index (χ2v) is 6.09. The van der Waals surface area contributed by atoms with E-state index in [2.05, 4.69) is 12.0 Å². The summed E-state index contributed by atoms with van der Waals surface area (Å²) in [4.78, 5) is -0.0784. The van der Waals surface area contributed by atoms with E-state index < -0.39 is 10.1 Å². The molecule has 0 bridgehead atoms. The lowest BCUT2D eigenvalue weighted by Gasteiger charge is -2.09. The van der Waals surface area contributed by atoms with Crippen LogP contribution in [0, 0.1) is 0 Å². The molecule has 0 radical (unpaired) electrons. The van der Waals surface area contributed by atoms with E-state index in [1.165, 1.54) is 12.1 Å². The van der Waals surface area contributed by atoms with Gasteiger partial charge >= 0.3 is 0 Å². The quantitative estimate of drug-likeness (QED) is 0.870. The van der Waals surface area contributed by atoms with E-state index in [1.807, 2.05) is 19.4 Å². The smallest absolute Gasteiger partial charge is 0.282 e. The minimum absolute atomic E-state index is 0.0784. The second-order valence-electron chi connectivity index (χ2n) is 4.67. The highest BCUT2D eigenvalue weighted by atomic mass is 32.2. The molecule has 1 N–H and O–H groups in total. The zero-order chi connectivity index (χ0) is 14.0. The molecule has 1 atom stereocenters. The van der Waals surface area contributed by atoms with Gasteiger partial charge in [-0.15, -0.1) is 0 Å². The van der Waals surface area contributed by atoms with E-state index in [-0.39, 0.29) is 4.90 Å². The first kappa shape index (κ1) is 13.8. The maximum absolute atomic E-state index is 10.9. The van der Waals surface area contributed by atoms with E-state index in [0.717, 1.165) is 17.5 Å². The summed E-state index contributed by atoms with van der Waals surface area (Å²) in [5, 5.41) is 4.13. The van der Waals surface area contributed by atoms with Crippen LogP contribution in [-0.2, 0) is 23.6 Å². The molecule has 1 aromatic carbocycles. The van der Waals surface area contributed by atoms with Gasteiger partial charge in [-0.2, -0.15) is 13.5 Å². The highest BCUT2D eigenvalue weighted by Gasteiger charge is 2.11. The summed E-state index contributed by atoms with van der Waals surface area (Å²) in [5.74, 6) is 0.297. The Labute approximate surface area is 112 Å². The molecule has 0 saturated carbocycles. The van der Waals surface area contributed by atoms with Gasteiger partial charge in [0.2, 0.25) is 0 Å². The summed E-state index contributed by atoms with van der Waals surface area (Å²) >= 11 is 0. The lowest BCUT2D eigenvalue weighted by atomic mass is 9.96. The summed E-state index contributed by atoms with van der Waals surface area (Å²) in [6.07, 6.45) is 4.59. The third kappa shape index (κ3) is 3.42. The van der Waals surface area contributed by atoms with E-state index in [4.69, 9.17) is 4.55 Å². The number of aryl methyl sites for hydroxylation is 1. The average molecular weight is 280 g/mol. The molecule has 0 aliphatic rings. The first-order chi connectivity index (χ1) is 8.86. The lowest BCUT2D eigenvalue weighted by molar-refractivity contribution is 0.483. The second kappa shape index (κ2) is 5.14. The van der Waals surface area contributed by atoms with E-state index in [1.54, 1.807) is 16.8 Å². The standard InChI is InChI=1S/C13H16N2O3S/c1-10(12-8-14-15(2)9-12)7-11-3-5-13(6-4-11)19(16,17)18/h3-6,8-10H,7H2,1-2H3,(H,16,17,18). The van der Waals surface area contributed by atoms with Crippen molar-refractivity contribution in [2.45, 2.75) is 24.2 Å². The molecule has 102 valence electrons. The molecule has 5 nitrogen and oxygen atoms in total. The third-order valence-corrected chi connectivity index (χ3v) is 3.92. The van der Waals surface area contributed by atoms with Gasteiger partial charge in [-0.3, -0.25) is 9.23 Å². The van der Waals surface area contributed by atoms with Gasteiger partial charge in [-0.25, -0.2) is 0 Å². The number of hydrogen-bond acceptors (Lipinski definition) is 3. The van der Waals surface area contributed by atoms with Crippen LogP contribution in [0.5, 0.6) is 0 Å². The molecule has 1 aromatic heterocycles. The Kier molecular flexibility index (Phi) is 3.73. The maximum atomic E-state index is 10.9. The first-order valence-corrected chi connectivity index (χ1v) is 7.35. The van der Waals surface area contributed by atoms with Gasteiger partial charge in [0.05, 0.1) is 11.1 Å². The summed E-state index contributed by atoms with van der Waals surface area (Å²) in [7, 11) is -2.24. The first-order valence-electron chi connectivity index (χ1n) is 5.91. The highest BCUT2D eigenvalue weighted by molar-refractivity contribution is 7.85. The van der Waals surface area contributed by atoms with Crippen LogP contribution in [0.4, 0.5) is 0 Å². The monoisotopic (exact) mass is 280 g/mol. The van der Waals surface area contributed by atoms with Crippen molar-refractivity contribution < 1.29 is 13.0 Å². The molecule has 0 amide bonds. The third-order valence-electron chi connectivity index (χ3n) is 3.06. The molecule has 0 fully saturated rings. The molecule has 19 heavy (non-hydrogen) atoms. The fourth-order valence-corrected chi connectivity index (χ4v) is 2.44. The van der Waals surface area contributed by atoms with Crippen LogP contribution in [0.25, 0.3) is 0 Å². The van der Waals surface area contributed by atoms with Crippen molar-refractivity contribution in [3.63, 3.8) is 0 Å². The van der Waals surface area contributed by atoms with Gasteiger partial charge in [0.15, 0.2) is 0 Å². The van der Waals surface area contributed by atoms with Crippen LogP contribution in [0.1, 0.15) is 24.0 Å². The van der Waals surface area contributed by atoms with Crippen LogP contribution >= 0.6 is 0 Å². The molecular weight excluding hydrogens is 264 g/mol. The number of rotatable bonds is 4. The van der Waals surface area contributed by atoms with Gasteiger partial charge < -0.3 is 0 Å². The molecule has 2 rings (SSSR count). The molecule has 0 saturated heterocycles. The Hall–Kier alpha value is -1.66. The molecule has 6 heteroatoms. The molecule has 0 aliphatic heterocycles. The number of nitrogens with zero attached hydrogens (tertiary/aromatic N) is 2. The fourth-order valence-electron chi connectivity index (χ4n) is 1.96. The van der Waals surface area contributed by atoms with Gasteiger partial charge in [-0.05, 0) is 35.6 Å². The van der Waals surface area contributed by atoms with Crippen molar-refractivity contribution >= 4 is 10.1 Å². The Morgan fingerprint density at radius 1 is 1.32 bits per heavy atom. The normalized spacial score (nSPS) is 13.4. The summed E-state index contributed by atoms with van der Waals surface area (Å²) in [5.41, 5.74) is 2.16. The molecule has 2 aromatic rings. The number of hydrogen-bond donors (Lipinski definition) is 1. The van der Waals surface area contributed by atoms with E-state index in [9.17, 15) is 8.42 Å². The summed E-state index contributed by atoms with van der Waals surface area (Å²) < 4.78 is 32.5. The maximum Gasteiger partial charge on any atom is 0.294 e. The molecule has 0 aliphatic carbocycles. The van der Waals surface area contributed by atoms with Crippen LogP contribution in [0.15, 0.2) is 41.6 Å². The Morgan fingerprint density at radius 3 is 2.42 bits per heavy atom. The van der Waals surface area contributed by atoms with Gasteiger partial charge in [0.25, 0.3) is 10.1 Å². The number of aromatic nitrogens is 2. The van der Waals surface area contributed by atoms with Crippen LogP contribution in [0.3, 0.4) is 0 Å². The predicted molar refractivity (Wildman–Crippen MR) is 71.6 cm³/mol. The van der Waals surface area contributed by atoms with Gasteiger partial charge in [0.1, 0.15) is 0 Å². The van der Waals surface area contributed by atoms with Gasteiger partial charge in [-0.1, -0.05) is 19.1 Å². The Morgan fingerprint density at radius 2 is 1.95 bits per heavy atom. The Bertz CT molecular complexity index is 659. The van der Waals surface area contributed by atoms with Crippen molar-refractivity contribution in [2.75, 3.05) is 0 Å². The lowest BCUT2D eigenvalue weighted by Crippen LogP contribution is -2.00. The largest absolute Gasteiger partial charge is 0.294 e. The van der Waals surface area contributed by atoms with Crippen molar-refractivity contribution in [2.24, 2.45) is 7.05 Å². The predicted octanol–water partition coefficient (Wildman–Crippen LogP) is 2.01. The fraction of sp³-hybridized carbons (Fsp3) is 0.308. The molecular formula is C13H16N2O3S. The number of benzene rings is 1. The van der Waals surface area contributed by atoms with E-state index >= 15 is 0 Å². The minimum Gasteiger partial charge on any atom is -0.282 e. The minimum atomic E-state index is -4.11. The van der Waals surface area contributed by atoms with Crippen LogP contribution < -0.4 is 0 Å². The molecule has 1 heterocycles. The van der Waals surface area contributed by atoms with E-state index in [0.29, 0.717) is 5.92 Å². The van der Waals surface area contributed by atoms with Crippen molar-refractivity contribution in [3.8, 4) is 0 Å². The Balaban J connectivity index is 2.12. The van der Waals surface area contributed by atoms with Crippen LogP contribution in [-0.4, -0.2) is 22.8 Å². The van der Waals surface area contributed by atoms with Crippen molar-refractivity contribution in [1.82, 2.24) is 9.78 Å². The van der Waals surface area contributed by atoms with Crippen molar-refractivity contribution in [3.05, 3.63) is 47.8 Å². The highest BCUT2D eigenvalue weighted by Crippen LogP contribution is 2.20. The zero-order valence-corrected chi connectivity index (χ0v) is 11.6. The SMILES string of the molecule is CC(Cc1ccc(S(=O)(=O)O)cc1)c1cnn(C)c1. The topological polar surface area (TPSA) is 72.2 Å². The summed E-state index contributed by atoms with van der Waals surface area (Å²) in [6, 6.07) is 6.27. The molecule has 1 unspecified atom stereocenters.